The second-order valence-corrected chi connectivity index (χ2v) is 4.02. The summed E-state index contributed by atoms with van der Waals surface area (Å²) in [5.41, 5.74) is 0. The van der Waals surface area contributed by atoms with Crippen molar-refractivity contribution in [3.8, 4) is 0 Å². The third-order valence-corrected chi connectivity index (χ3v) is 1.40. The van der Waals surface area contributed by atoms with Gasteiger partial charge in [0.1, 0.15) is 0 Å². The lowest BCUT2D eigenvalue weighted by Gasteiger charge is -1.99. The van der Waals surface area contributed by atoms with Gasteiger partial charge in [0.25, 0.3) is 0 Å². The maximum Gasteiger partial charge on any atom is 0.0485 e. The van der Waals surface area contributed by atoms with Crippen molar-refractivity contribution < 1.29 is 9.47 Å². The molecule has 0 aliphatic rings. The van der Waals surface area contributed by atoms with E-state index in [0.29, 0.717) is 5.92 Å². The Morgan fingerprint density at radius 2 is 1.27 bits per heavy atom. The fourth-order valence-electron chi connectivity index (χ4n) is 0.687. The van der Waals surface area contributed by atoms with Crippen LogP contribution in [-0.2, 0) is 9.47 Å². The van der Waals surface area contributed by atoms with Gasteiger partial charge in [-0.15, -0.1) is 0 Å². The van der Waals surface area contributed by atoms with Crippen molar-refractivity contribution in [2.45, 2.75) is 49.0 Å². The van der Waals surface area contributed by atoms with Crippen LogP contribution in [0.2, 0.25) is 0 Å². The zero-order valence-electron chi connectivity index (χ0n) is 10.1. The fraction of sp³-hybridized carbons (Fsp3) is 1.00. The molecule has 0 bridgehead atoms. The Balaban J connectivity index is -0.0000000718. The van der Waals surface area contributed by atoms with Crippen molar-refractivity contribution in [1.82, 2.24) is 0 Å². The molecule has 0 radical (unpaired) electrons. The van der Waals surface area contributed by atoms with E-state index in [1.165, 1.54) is 6.42 Å². The van der Waals surface area contributed by atoms with Crippen LogP contribution in [0.1, 0.15) is 49.0 Å². The van der Waals surface area contributed by atoms with Gasteiger partial charge in [-0.1, -0.05) is 42.5 Å². The van der Waals surface area contributed by atoms with E-state index in [1.54, 1.807) is 14.2 Å². The lowest BCUT2D eigenvalue weighted by atomic mass is 10.1. The standard InChI is InChI=1S/C6H14O.C5H12O.2CH4/c1-6(2)4-5-7-3;1-5(2)4-6-3;;/h6H,4-5H2,1-3H3;5H,4H2,1-3H3;2*1H4. The summed E-state index contributed by atoms with van der Waals surface area (Å²) in [5.74, 6) is 1.45. The molecule has 0 atom stereocenters. The zero-order chi connectivity index (χ0) is 10.7. The summed E-state index contributed by atoms with van der Waals surface area (Å²) in [6.07, 6.45) is 1.18. The molecule has 0 aliphatic heterocycles. The first-order chi connectivity index (χ1) is 6.04. The molecule has 0 N–H and O–H groups in total. The summed E-state index contributed by atoms with van der Waals surface area (Å²) in [4.78, 5) is 0. The van der Waals surface area contributed by atoms with Crippen LogP contribution in [0, 0.1) is 11.8 Å². The summed E-state index contributed by atoms with van der Waals surface area (Å²) in [5, 5.41) is 0. The summed E-state index contributed by atoms with van der Waals surface area (Å²) in [6.45, 7) is 10.4. The van der Waals surface area contributed by atoms with Crippen molar-refractivity contribution in [2.75, 3.05) is 27.4 Å². The third kappa shape index (κ3) is 41.3. The number of hydrogen-bond acceptors (Lipinski definition) is 2. The largest absolute Gasteiger partial charge is 0.385 e. The molecule has 0 unspecified atom stereocenters. The Kier molecular flexibility index (Phi) is 31.5. The molecule has 2 heteroatoms. The number of hydrogen-bond donors (Lipinski definition) is 0. The van der Waals surface area contributed by atoms with Crippen LogP contribution >= 0.6 is 0 Å². The number of rotatable bonds is 5. The van der Waals surface area contributed by atoms with Crippen LogP contribution < -0.4 is 0 Å². The van der Waals surface area contributed by atoms with E-state index in [9.17, 15) is 0 Å². The van der Waals surface area contributed by atoms with Crippen molar-refractivity contribution in [3.05, 3.63) is 0 Å². The van der Waals surface area contributed by atoms with E-state index in [4.69, 9.17) is 9.47 Å². The lowest BCUT2D eigenvalue weighted by molar-refractivity contribution is 0.167. The molecule has 0 saturated carbocycles. The monoisotopic (exact) mass is 222 g/mol. The van der Waals surface area contributed by atoms with Gasteiger partial charge in [0, 0.05) is 27.4 Å². The minimum atomic E-state index is 0. The summed E-state index contributed by atoms with van der Waals surface area (Å²) in [7, 11) is 3.46. The highest BCUT2D eigenvalue weighted by Crippen LogP contribution is 1.96. The molecular formula is C13H34O2. The minimum absolute atomic E-state index is 0. The highest BCUT2D eigenvalue weighted by molar-refractivity contribution is 4.40. The molecule has 0 rings (SSSR count). The van der Waals surface area contributed by atoms with Gasteiger partial charge in [-0.2, -0.15) is 0 Å². The Bertz CT molecular complexity index is 80.6. The lowest BCUT2D eigenvalue weighted by Crippen LogP contribution is -1.96. The molecule has 0 fully saturated rings. The first-order valence-electron chi connectivity index (χ1n) is 5.02. The van der Waals surface area contributed by atoms with E-state index in [-0.39, 0.29) is 14.9 Å². The molecular weight excluding hydrogens is 188 g/mol. The molecule has 0 amide bonds. The normalized spacial score (nSPS) is 8.80. The first-order valence-corrected chi connectivity index (χ1v) is 5.02. The second kappa shape index (κ2) is 19.5. The summed E-state index contributed by atoms with van der Waals surface area (Å²) < 4.78 is 9.66. The van der Waals surface area contributed by atoms with Gasteiger partial charge < -0.3 is 9.47 Å². The SMILES string of the molecule is C.C.COCC(C)C.COCCC(C)C. The molecule has 0 spiro atoms. The molecule has 2 nitrogen and oxygen atoms in total. The summed E-state index contributed by atoms with van der Waals surface area (Å²) in [6, 6.07) is 0. The highest BCUT2D eigenvalue weighted by atomic mass is 16.5. The number of methoxy groups -OCH3 is 2. The molecule has 98 valence electrons. The smallest absolute Gasteiger partial charge is 0.0485 e. The van der Waals surface area contributed by atoms with Gasteiger partial charge in [-0.3, -0.25) is 0 Å². The molecule has 0 heterocycles. The Morgan fingerprint density at radius 1 is 0.800 bits per heavy atom. The van der Waals surface area contributed by atoms with Gasteiger partial charge in [-0.25, -0.2) is 0 Å². The Morgan fingerprint density at radius 3 is 1.33 bits per heavy atom. The van der Waals surface area contributed by atoms with Crippen LogP contribution in [-0.4, -0.2) is 27.4 Å². The molecule has 0 aromatic heterocycles. The van der Waals surface area contributed by atoms with Crippen molar-refractivity contribution in [3.63, 3.8) is 0 Å². The predicted molar refractivity (Wildman–Crippen MR) is 71.5 cm³/mol. The Labute approximate surface area is 98.4 Å². The zero-order valence-corrected chi connectivity index (χ0v) is 10.1. The average molecular weight is 222 g/mol. The van der Waals surface area contributed by atoms with Crippen molar-refractivity contribution >= 4 is 0 Å². The van der Waals surface area contributed by atoms with Crippen LogP contribution in [0.15, 0.2) is 0 Å². The van der Waals surface area contributed by atoms with Crippen molar-refractivity contribution in [1.29, 1.82) is 0 Å². The van der Waals surface area contributed by atoms with Crippen LogP contribution in [0.4, 0.5) is 0 Å². The maximum atomic E-state index is 4.85. The quantitative estimate of drug-likeness (QED) is 0.692. The maximum absolute atomic E-state index is 4.85. The molecule has 0 aromatic rings. The molecule has 0 aliphatic carbocycles. The molecule has 15 heavy (non-hydrogen) atoms. The fourth-order valence-corrected chi connectivity index (χ4v) is 0.687. The Hall–Kier alpha value is -0.0800. The van der Waals surface area contributed by atoms with E-state index in [0.717, 1.165) is 19.1 Å². The van der Waals surface area contributed by atoms with Crippen LogP contribution in [0.3, 0.4) is 0 Å². The van der Waals surface area contributed by atoms with Gasteiger partial charge in [0.15, 0.2) is 0 Å². The van der Waals surface area contributed by atoms with E-state index in [1.807, 2.05) is 0 Å². The predicted octanol–water partition coefficient (Wildman–Crippen LogP) is 4.24. The second-order valence-electron chi connectivity index (χ2n) is 4.02. The summed E-state index contributed by atoms with van der Waals surface area (Å²) >= 11 is 0. The topological polar surface area (TPSA) is 18.5 Å². The average Bonchev–Trinajstić information content (AvgIpc) is 2.01. The van der Waals surface area contributed by atoms with Crippen molar-refractivity contribution in [2.24, 2.45) is 11.8 Å². The third-order valence-electron chi connectivity index (χ3n) is 1.40. The first kappa shape index (κ1) is 24.2. The molecule has 0 saturated heterocycles. The van der Waals surface area contributed by atoms with Gasteiger partial charge in [0.2, 0.25) is 0 Å². The highest BCUT2D eigenvalue weighted by Gasteiger charge is 1.89. The van der Waals surface area contributed by atoms with E-state index < -0.39 is 0 Å². The van der Waals surface area contributed by atoms with E-state index in [2.05, 4.69) is 27.7 Å². The van der Waals surface area contributed by atoms with Crippen LogP contribution in [0.25, 0.3) is 0 Å². The minimum Gasteiger partial charge on any atom is -0.385 e. The van der Waals surface area contributed by atoms with Gasteiger partial charge in [0.05, 0.1) is 0 Å². The van der Waals surface area contributed by atoms with Gasteiger partial charge in [-0.05, 0) is 18.3 Å². The van der Waals surface area contributed by atoms with E-state index >= 15 is 0 Å². The van der Waals surface area contributed by atoms with Crippen LogP contribution in [0.5, 0.6) is 0 Å². The molecule has 0 aromatic carbocycles. The number of ether oxygens (including phenoxy) is 2. The van der Waals surface area contributed by atoms with Gasteiger partial charge >= 0.3 is 0 Å².